The minimum atomic E-state index is -0.192. The van der Waals surface area contributed by atoms with Gasteiger partial charge in [0.1, 0.15) is 11.2 Å². The SMILES string of the molecule is CC(C)(C)c1cc(-c2ccccc2)cc(-c2ccc3c(c2)Nc2cc(-c4cc(-c5ccccc5)cc(C(C)(C)C)c4)cc4c2B3c2ccc(-c3cc(-c5ccccc5)cc(-c5ccccc5)c3)cc2N4c2c(-c3cccc4oc5ccccc5c34)cccc2-c2cccc3sc4ccccc4c23)c1. The summed E-state index contributed by atoms with van der Waals surface area (Å²) >= 11 is 1.87. The lowest BCUT2D eigenvalue weighted by Gasteiger charge is -2.42. The maximum atomic E-state index is 6.86. The fourth-order valence-corrected chi connectivity index (χ4v) is 17.4. The van der Waals surface area contributed by atoms with Crippen LogP contribution in [-0.2, 0) is 10.8 Å². The monoisotopic (exact) mass is 1340 g/mol. The Morgan fingerprint density at radius 3 is 1.29 bits per heavy atom. The van der Waals surface area contributed by atoms with E-state index in [1.54, 1.807) is 0 Å². The van der Waals surface area contributed by atoms with Gasteiger partial charge in [-0.05, 0) is 206 Å². The first kappa shape index (κ1) is 62.0. The first-order valence-corrected chi connectivity index (χ1v) is 36.8. The van der Waals surface area contributed by atoms with E-state index < -0.39 is 0 Å². The van der Waals surface area contributed by atoms with Crippen molar-refractivity contribution in [2.24, 2.45) is 0 Å². The van der Waals surface area contributed by atoms with Crippen LogP contribution in [0.5, 0.6) is 0 Å². The van der Waals surface area contributed by atoms with Crippen molar-refractivity contribution in [3.05, 3.63) is 339 Å². The molecule has 5 heteroatoms. The van der Waals surface area contributed by atoms with E-state index in [0.29, 0.717) is 0 Å². The molecule has 17 aromatic rings. The minimum absolute atomic E-state index is 0.0910. The van der Waals surface area contributed by atoms with Crippen LogP contribution >= 0.6 is 11.3 Å². The molecule has 0 saturated carbocycles. The van der Waals surface area contributed by atoms with Crippen molar-refractivity contribution in [3.8, 4) is 100 Å². The molecule has 2 aromatic heterocycles. The number of nitrogens with one attached hydrogen (secondary N) is 1. The molecule has 4 heterocycles. The third-order valence-electron chi connectivity index (χ3n) is 21.5. The van der Waals surface area contributed by atoms with Crippen LogP contribution in [0.2, 0.25) is 0 Å². The third kappa shape index (κ3) is 10.8. The van der Waals surface area contributed by atoms with Gasteiger partial charge >= 0.3 is 0 Å². The molecule has 2 aliphatic heterocycles. The van der Waals surface area contributed by atoms with Gasteiger partial charge in [-0.25, -0.2) is 0 Å². The number of thiophene rings is 1. The van der Waals surface area contributed by atoms with E-state index in [1.165, 1.54) is 92.2 Å². The molecule has 0 saturated heterocycles. The van der Waals surface area contributed by atoms with Gasteiger partial charge in [-0.1, -0.05) is 290 Å². The van der Waals surface area contributed by atoms with Crippen LogP contribution in [0.25, 0.3) is 142 Å². The van der Waals surface area contributed by atoms with Crippen molar-refractivity contribution in [3.63, 3.8) is 0 Å². The summed E-state index contributed by atoms with van der Waals surface area (Å²) in [5, 5.41) is 8.97. The van der Waals surface area contributed by atoms with E-state index in [9.17, 15) is 0 Å². The van der Waals surface area contributed by atoms with Crippen LogP contribution in [-0.4, -0.2) is 6.71 Å². The molecular formula is C98H73BN2OS. The molecule has 490 valence electrons. The van der Waals surface area contributed by atoms with Gasteiger partial charge in [0.2, 0.25) is 0 Å². The summed E-state index contributed by atoms with van der Waals surface area (Å²) in [6, 6.07) is 123. The Balaban J connectivity index is 0.944. The number of fused-ring (bicyclic) bond motifs is 10. The molecule has 0 unspecified atom stereocenters. The fourth-order valence-electron chi connectivity index (χ4n) is 16.3. The lowest BCUT2D eigenvalue weighted by molar-refractivity contribution is 0.590. The second kappa shape index (κ2) is 24.4. The molecule has 0 atom stereocenters. The first-order chi connectivity index (χ1) is 50.3. The molecule has 0 bridgehead atoms. The maximum Gasteiger partial charge on any atom is 0.252 e. The smallest absolute Gasteiger partial charge is 0.252 e. The van der Waals surface area contributed by atoms with Crippen molar-refractivity contribution in [1.29, 1.82) is 0 Å². The predicted molar refractivity (Wildman–Crippen MR) is 442 cm³/mol. The molecule has 0 radical (unpaired) electrons. The number of hydrogen-bond acceptors (Lipinski definition) is 4. The maximum absolute atomic E-state index is 6.86. The highest BCUT2D eigenvalue weighted by Crippen LogP contribution is 2.54. The fraction of sp³-hybridized carbons (Fsp3) is 0.0816. The first-order valence-electron chi connectivity index (χ1n) is 36.0. The Kier molecular flexibility index (Phi) is 14.7. The number of nitrogens with zero attached hydrogens (tertiary/aromatic N) is 1. The number of para-hydroxylation sites is 2. The van der Waals surface area contributed by atoms with Crippen LogP contribution in [0.4, 0.5) is 28.4 Å². The summed E-state index contributed by atoms with van der Waals surface area (Å²) in [4.78, 5) is 2.70. The molecular weight excluding hydrogens is 1260 g/mol. The Bertz CT molecular complexity index is 6040. The number of hydrogen-bond donors (Lipinski definition) is 1. The number of benzene rings is 15. The van der Waals surface area contributed by atoms with Gasteiger partial charge in [0.15, 0.2) is 0 Å². The molecule has 19 rings (SSSR count). The highest BCUT2D eigenvalue weighted by molar-refractivity contribution is 7.26. The van der Waals surface area contributed by atoms with Crippen molar-refractivity contribution >= 4 is 105 Å². The molecule has 0 aliphatic carbocycles. The standard InChI is InChI=1S/C98H73BN2OS/c1-97(2,3)75-53-70(63-30-15-9-16-31-63)51-72(55-75)65-44-46-83-85(57-65)100-86-58-74(73-52-71(64-32-17-10-18-33-64)54-76(56-73)98(4,5)6)60-88-95(86)99(83)84-47-45-66(69-49-67(61-26-11-7-12-27-61)48-68(50-69)62-28-13-8-14-29-62)59-87(84)101(88)96-79(77-36-24-41-90-93(77)81-34-19-21-40-89(81)102-90)38-23-39-80(96)78-37-25-43-92-94(78)82-35-20-22-42-91(82)103-92/h7-60,100H,1-6H3. The zero-order valence-electron chi connectivity index (χ0n) is 58.5. The predicted octanol–water partition coefficient (Wildman–Crippen LogP) is 25.9. The molecule has 1 N–H and O–H groups in total. The van der Waals surface area contributed by atoms with Gasteiger partial charge in [-0.15, -0.1) is 11.3 Å². The summed E-state index contributed by atoms with van der Waals surface area (Å²) < 4.78 is 9.37. The molecule has 3 nitrogen and oxygen atoms in total. The summed E-state index contributed by atoms with van der Waals surface area (Å²) in [7, 11) is 0. The van der Waals surface area contributed by atoms with Gasteiger partial charge in [-0.3, -0.25) is 0 Å². The molecule has 0 fully saturated rings. The second-order valence-corrected chi connectivity index (χ2v) is 31.1. The highest BCUT2D eigenvalue weighted by atomic mass is 32.1. The topological polar surface area (TPSA) is 28.4 Å². The summed E-state index contributed by atoms with van der Waals surface area (Å²) in [5.74, 6) is 0. The summed E-state index contributed by atoms with van der Waals surface area (Å²) in [6.07, 6.45) is 0. The Hall–Kier alpha value is -12.0. The largest absolute Gasteiger partial charge is 0.456 e. The van der Waals surface area contributed by atoms with Gasteiger partial charge in [0, 0.05) is 64.8 Å². The van der Waals surface area contributed by atoms with E-state index in [1.807, 2.05) is 11.3 Å². The molecule has 103 heavy (non-hydrogen) atoms. The van der Waals surface area contributed by atoms with E-state index in [2.05, 4.69) is 379 Å². The van der Waals surface area contributed by atoms with Gasteiger partial charge in [0.25, 0.3) is 6.71 Å². The minimum Gasteiger partial charge on any atom is -0.456 e. The van der Waals surface area contributed by atoms with Crippen molar-refractivity contribution in [2.45, 2.75) is 52.4 Å². The summed E-state index contributed by atoms with van der Waals surface area (Å²) in [6.45, 7) is 13.8. The van der Waals surface area contributed by atoms with E-state index >= 15 is 0 Å². The van der Waals surface area contributed by atoms with Crippen molar-refractivity contribution in [2.75, 3.05) is 10.2 Å². The van der Waals surface area contributed by atoms with Crippen molar-refractivity contribution in [1.82, 2.24) is 0 Å². The molecule has 15 aromatic carbocycles. The Labute approximate surface area is 606 Å². The number of rotatable bonds is 10. The quantitative estimate of drug-likeness (QED) is 0.138. The Morgan fingerprint density at radius 1 is 0.301 bits per heavy atom. The molecule has 2 aliphatic rings. The number of anilines is 5. The van der Waals surface area contributed by atoms with E-state index in [4.69, 9.17) is 4.42 Å². The van der Waals surface area contributed by atoms with Gasteiger partial charge in [-0.2, -0.15) is 0 Å². The average molecular weight is 1340 g/mol. The van der Waals surface area contributed by atoms with Crippen molar-refractivity contribution < 1.29 is 4.42 Å². The van der Waals surface area contributed by atoms with E-state index in [-0.39, 0.29) is 17.5 Å². The lowest BCUT2D eigenvalue weighted by Crippen LogP contribution is -2.60. The molecule has 0 spiro atoms. The van der Waals surface area contributed by atoms with Gasteiger partial charge in [0.05, 0.1) is 5.69 Å². The van der Waals surface area contributed by atoms with Gasteiger partial charge < -0.3 is 14.6 Å². The van der Waals surface area contributed by atoms with Crippen LogP contribution in [0.15, 0.2) is 332 Å². The van der Waals surface area contributed by atoms with E-state index in [0.717, 1.165) is 106 Å². The highest BCUT2D eigenvalue weighted by Gasteiger charge is 2.43. The zero-order chi connectivity index (χ0) is 69.2. The normalized spacial score (nSPS) is 12.6. The van der Waals surface area contributed by atoms with Crippen LogP contribution in [0.1, 0.15) is 52.7 Å². The lowest BCUT2D eigenvalue weighted by atomic mass is 9.33. The second-order valence-electron chi connectivity index (χ2n) is 30.0. The van der Waals surface area contributed by atoms with Crippen LogP contribution in [0, 0.1) is 0 Å². The van der Waals surface area contributed by atoms with Crippen LogP contribution < -0.4 is 26.6 Å². The zero-order valence-corrected chi connectivity index (χ0v) is 59.3. The molecule has 0 amide bonds. The Morgan fingerprint density at radius 2 is 0.709 bits per heavy atom. The summed E-state index contributed by atoms with van der Waals surface area (Å²) in [5.41, 5.74) is 34.0. The number of furan rings is 1. The third-order valence-corrected chi connectivity index (χ3v) is 22.6. The van der Waals surface area contributed by atoms with Crippen LogP contribution in [0.3, 0.4) is 0 Å². The average Bonchev–Trinajstić information content (AvgIpc) is 0.840.